The van der Waals surface area contributed by atoms with Gasteiger partial charge in [-0.1, -0.05) is 46.0 Å². The van der Waals surface area contributed by atoms with E-state index in [4.69, 9.17) is 44.1 Å². The van der Waals surface area contributed by atoms with Crippen molar-refractivity contribution in [2.75, 3.05) is 5.32 Å². The molecular weight excluding hydrogens is 555 g/mol. The zero-order valence-electron chi connectivity index (χ0n) is 17.1. The summed E-state index contributed by atoms with van der Waals surface area (Å²) in [6, 6.07) is 12.2. The normalized spacial score (nSPS) is 10.9. The molecule has 0 aliphatic rings. The van der Waals surface area contributed by atoms with Crippen LogP contribution >= 0.6 is 50.7 Å². The van der Waals surface area contributed by atoms with Gasteiger partial charge in [-0.15, -0.1) is 0 Å². The Labute approximate surface area is 212 Å². The van der Waals surface area contributed by atoms with Crippen LogP contribution in [-0.4, -0.2) is 20.8 Å². The molecule has 0 aliphatic carbocycles. The Balaban J connectivity index is 1.47. The number of carbonyl (C=O) groups excluding carboxylic acids is 1. The molecule has 0 atom stereocenters. The Hall–Kier alpha value is -2.52. The van der Waals surface area contributed by atoms with Gasteiger partial charge in [-0.05, 0) is 64.8 Å². The maximum atomic E-state index is 12.9. The first-order chi connectivity index (χ1) is 15.8. The van der Waals surface area contributed by atoms with Gasteiger partial charge in [0.15, 0.2) is 11.5 Å². The minimum atomic E-state index is -0.475. The molecule has 1 N–H and O–H groups in total. The lowest BCUT2D eigenvalue weighted by Crippen LogP contribution is -2.16. The molecule has 4 aromatic rings. The lowest BCUT2D eigenvalue weighted by atomic mass is 10.2. The van der Waals surface area contributed by atoms with E-state index in [9.17, 15) is 4.79 Å². The maximum Gasteiger partial charge on any atom is 0.279 e. The summed E-state index contributed by atoms with van der Waals surface area (Å²) in [5.41, 5.74) is 1.48. The highest BCUT2D eigenvalue weighted by molar-refractivity contribution is 9.10. The van der Waals surface area contributed by atoms with Crippen molar-refractivity contribution in [1.29, 1.82) is 0 Å². The molecule has 2 heterocycles. The predicted molar refractivity (Wildman–Crippen MR) is 130 cm³/mol. The van der Waals surface area contributed by atoms with Crippen LogP contribution in [0.3, 0.4) is 0 Å². The van der Waals surface area contributed by atoms with Crippen LogP contribution in [0.4, 0.5) is 5.82 Å². The molecule has 170 valence electrons. The van der Waals surface area contributed by atoms with Crippen LogP contribution in [0.25, 0.3) is 0 Å². The maximum absolute atomic E-state index is 12.9. The molecule has 33 heavy (non-hydrogen) atoms. The zero-order chi connectivity index (χ0) is 23.5. The number of halogens is 4. The van der Waals surface area contributed by atoms with Crippen LogP contribution < -0.4 is 10.1 Å². The fraction of sp³-hybridized carbons (Fsp3) is 0.136. The second kappa shape index (κ2) is 10.2. The Morgan fingerprint density at radius 2 is 1.88 bits per heavy atom. The average molecular weight is 571 g/mol. The predicted octanol–water partition coefficient (Wildman–Crippen LogP) is 6.78. The Morgan fingerprint density at radius 3 is 2.61 bits per heavy atom. The molecule has 0 saturated heterocycles. The summed E-state index contributed by atoms with van der Waals surface area (Å²) in [6.07, 6.45) is 1.74. The fourth-order valence-corrected chi connectivity index (χ4v) is 3.99. The van der Waals surface area contributed by atoms with E-state index in [1.54, 1.807) is 54.2 Å². The molecule has 0 fully saturated rings. The molecule has 0 unspecified atom stereocenters. The average Bonchev–Trinajstić information content (AvgIpc) is 3.31. The van der Waals surface area contributed by atoms with Crippen LogP contribution in [0.5, 0.6) is 5.75 Å². The largest absolute Gasteiger partial charge is 0.489 e. The first-order valence-corrected chi connectivity index (χ1v) is 11.5. The molecule has 0 bridgehead atoms. The summed E-state index contributed by atoms with van der Waals surface area (Å²) in [7, 11) is 0. The molecular formula is C22H16BrCl3N4O3. The summed E-state index contributed by atoms with van der Waals surface area (Å²) < 4.78 is 13.2. The topological polar surface area (TPSA) is 82.2 Å². The number of amides is 1. The fourth-order valence-electron chi connectivity index (χ4n) is 2.98. The molecule has 2 aromatic heterocycles. The molecule has 0 spiro atoms. The van der Waals surface area contributed by atoms with Gasteiger partial charge in [-0.25, -0.2) is 0 Å². The SMILES string of the molecule is Cc1onc(C(=O)Nc2nn(Cc3ccc(Cl)cc3Cl)cc2Br)c1COc1ccc(Cl)cc1. The first-order valence-electron chi connectivity index (χ1n) is 9.62. The van der Waals surface area contributed by atoms with E-state index < -0.39 is 5.91 Å². The standard InChI is InChI=1S/C22H16BrCl3N4O3/c1-12-17(11-32-16-6-4-14(24)5-7-16)20(29-33-12)22(31)27-21-18(23)10-30(28-21)9-13-2-3-15(25)8-19(13)26/h2-8,10H,9,11H2,1H3,(H,27,28,31). The van der Waals surface area contributed by atoms with Crippen molar-refractivity contribution in [3.05, 3.63) is 90.8 Å². The highest BCUT2D eigenvalue weighted by Gasteiger charge is 2.22. The lowest BCUT2D eigenvalue weighted by Gasteiger charge is -2.07. The monoisotopic (exact) mass is 568 g/mol. The lowest BCUT2D eigenvalue weighted by molar-refractivity contribution is 0.101. The summed E-state index contributed by atoms with van der Waals surface area (Å²) in [6.45, 7) is 2.21. The minimum absolute atomic E-state index is 0.102. The Morgan fingerprint density at radius 1 is 1.15 bits per heavy atom. The molecule has 0 radical (unpaired) electrons. The molecule has 2 aromatic carbocycles. The first kappa shape index (κ1) is 23.6. The smallest absolute Gasteiger partial charge is 0.279 e. The third-order valence-electron chi connectivity index (χ3n) is 4.69. The third-order valence-corrected chi connectivity index (χ3v) is 6.11. The highest BCUT2D eigenvalue weighted by atomic mass is 79.9. The van der Waals surface area contributed by atoms with E-state index in [0.29, 0.717) is 49.0 Å². The number of nitrogens with zero attached hydrogens (tertiary/aromatic N) is 3. The van der Waals surface area contributed by atoms with Crippen molar-refractivity contribution >= 4 is 62.5 Å². The number of hydrogen-bond acceptors (Lipinski definition) is 5. The summed E-state index contributed by atoms with van der Waals surface area (Å²) in [5.74, 6) is 0.942. The highest BCUT2D eigenvalue weighted by Crippen LogP contribution is 2.26. The van der Waals surface area contributed by atoms with Crippen LogP contribution in [0.1, 0.15) is 27.4 Å². The van der Waals surface area contributed by atoms with Crippen molar-refractivity contribution in [3.8, 4) is 5.75 Å². The van der Waals surface area contributed by atoms with E-state index >= 15 is 0 Å². The van der Waals surface area contributed by atoms with E-state index in [1.807, 2.05) is 6.07 Å². The van der Waals surface area contributed by atoms with Crippen LogP contribution in [0.15, 0.2) is 57.7 Å². The number of carbonyl (C=O) groups is 1. The van der Waals surface area contributed by atoms with Gasteiger partial charge in [-0.3, -0.25) is 9.48 Å². The van der Waals surface area contributed by atoms with Gasteiger partial charge in [0.2, 0.25) is 0 Å². The second-order valence-electron chi connectivity index (χ2n) is 7.02. The molecule has 0 saturated carbocycles. The van der Waals surface area contributed by atoms with Gasteiger partial charge in [0.1, 0.15) is 18.1 Å². The van der Waals surface area contributed by atoms with Crippen molar-refractivity contribution in [1.82, 2.24) is 14.9 Å². The Kier molecular flexibility index (Phi) is 7.29. The van der Waals surface area contributed by atoms with Gasteiger partial charge in [0.05, 0.1) is 16.6 Å². The summed E-state index contributed by atoms with van der Waals surface area (Å²) in [4.78, 5) is 12.9. The number of ether oxygens (including phenoxy) is 1. The second-order valence-corrected chi connectivity index (χ2v) is 9.16. The number of nitrogens with one attached hydrogen (secondary N) is 1. The number of hydrogen-bond donors (Lipinski definition) is 1. The molecule has 7 nitrogen and oxygen atoms in total. The molecule has 1 amide bonds. The van der Waals surface area contributed by atoms with E-state index in [2.05, 4.69) is 31.5 Å². The molecule has 0 aliphatic heterocycles. The Bertz CT molecular complexity index is 1300. The van der Waals surface area contributed by atoms with E-state index in [-0.39, 0.29) is 12.3 Å². The summed E-state index contributed by atoms with van der Waals surface area (Å²) >= 11 is 21.5. The van der Waals surface area contributed by atoms with Crippen LogP contribution in [0.2, 0.25) is 15.1 Å². The van der Waals surface area contributed by atoms with E-state index in [1.165, 1.54) is 0 Å². The van der Waals surface area contributed by atoms with Crippen molar-refractivity contribution < 1.29 is 14.1 Å². The summed E-state index contributed by atoms with van der Waals surface area (Å²) in [5, 5.41) is 12.7. The number of aryl methyl sites for hydroxylation is 1. The quantitative estimate of drug-likeness (QED) is 0.265. The van der Waals surface area contributed by atoms with Crippen LogP contribution in [-0.2, 0) is 13.2 Å². The van der Waals surface area contributed by atoms with Crippen molar-refractivity contribution in [2.24, 2.45) is 0 Å². The molecule has 11 heteroatoms. The third kappa shape index (κ3) is 5.70. The van der Waals surface area contributed by atoms with Gasteiger partial charge in [0.25, 0.3) is 5.91 Å². The van der Waals surface area contributed by atoms with Crippen molar-refractivity contribution in [3.63, 3.8) is 0 Å². The minimum Gasteiger partial charge on any atom is -0.489 e. The van der Waals surface area contributed by atoms with Gasteiger partial charge in [0, 0.05) is 21.3 Å². The number of rotatable bonds is 7. The van der Waals surface area contributed by atoms with Gasteiger partial charge >= 0.3 is 0 Å². The zero-order valence-corrected chi connectivity index (χ0v) is 21.0. The van der Waals surface area contributed by atoms with Crippen molar-refractivity contribution in [2.45, 2.75) is 20.1 Å². The number of aromatic nitrogens is 3. The van der Waals surface area contributed by atoms with Gasteiger partial charge < -0.3 is 14.6 Å². The molecule has 4 rings (SSSR count). The van der Waals surface area contributed by atoms with Crippen LogP contribution in [0, 0.1) is 6.92 Å². The number of anilines is 1. The van der Waals surface area contributed by atoms with E-state index in [0.717, 1.165) is 5.56 Å². The van der Waals surface area contributed by atoms with Gasteiger partial charge in [-0.2, -0.15) is 5.10 Å². The number of benzene rings is 2.